The Morgan fingerprint density at radius 1 is 1.22 bits per heavy atom. The van der Waals surface area contributed by atoms with Gasteiger partial charge >= 0.3 is 0 Å². The highest BCUT2D eigenvalue weighted by molar-refractivity contribution is 5.85. The molecule has 116 valence electrons. The van der Waals surface area contributed by atoms with Crippen LogP contribution in [0, 0.1) is 6.92 Å². The van der Waals surface area contributed by atoms with E-state index in [1.165, 1.54) is 11.1 Å². The van der Waals surface area contributed by atoms with Crippen molar-refractivity contribution >= 4 is 17.5 Å². The molecule has 0 fully saturated rings. The summed E-state index contributed by atoms with van der Waals surface area (Å²) in [6.45, 7) is 3.51. The number of nitrogens with zero attached hydrogens (tertiary/aromatic N) is 3. The van der Waals surface area contributed by atoms with Crippen LogP contribution in [0.25, 0.3) is 11.5 Å². The van der Waals surface area contributed by atoms with Crippen LogP contribution < -0.4 is 16.0 Å². The number of hydrogen-bond donors (Lipinski definition) is 2. The Hall–Kier alpha value is -3.02. The molecule has 1 aliphatic heterocycles. The molecule has 0 atom stereocenters. The number of benzene rings is 1. The third-order valence-corrected chi connectivity index (χ3v) is 3.90. The molecule has 3 N–H and O–H groups in total. The lowest BCUT2D eigenvalue weighted by molar-refractivity contribution is 0.580. The highest BCUT2D eigenvalue weighted by atomic mass is 16.3. The van der Waals surface area contributed by atoms with Crippen molar-refractivity contribution in [1.29, 1.82) is 0 Å². The summed E-state index contributed by atoms with van der Waals surface area (Å²) < 4.78 is 5.51. The first-order valence-corrected chi connectivity index (χ1v) is 7.46. The van der Waals surface area contributed by atoms with Gasteiger partial charge in [0.1, 0.15) is 11.4 Å². The fraction of sp³-hybridized carbons (Fsp3) is 0.176. The van der Waals surface area contributed by atoms with Gasteiger partial charge in [-0.2, -0.15) is 4.98 Å². The van der Waals surface area contributed by atoms with Crippen molar-refractivity contribution in [2.24, 2.45) is 0 Å². The Morgan fingerprint density at radius 2 is 2.04 bits per heavy atom. The second-order valence-corrected chi connectivity index (χ2v) is 5.62. The summed E-state index contributed by atoms with van der Waals surface area (Å²) in [7, 11) is 0. The van der Waals surface area contributed by atoms with E-state index >= 15 is 0 Å². The predicted molar refractivity (Wildman–Crippen MR) is 90.0 cm³/mol. The SMILES string of the molecule is Cc1ccc(CN2CNc3nc(N)nc(-c4ccco4)c32)cc1. The van der Waals surface area contributed by atoms with Crippen LogP contribution in [0.5, 0.6) is 0 Å². The van der Waals surface area contributed by atoms with Crippen LogP contribution in [-0.2, 0) is 6.54 Å². The molecule has 3 aromatic rings. The third kappa shape index (κ3) is 2.48. The number of anilines is 3. The van der Waals surface area contributed by atoms with E-state index in [1.54, 1.807) is 6.26 Å². The summed E-state index contributed by atoms with van der Waals surface area (Å²) in [5, 5.41) is 3.28. The second-order valence-electron chi connectivity index (χ2n) is 5.62. The zero-order chi connectivity index (χ0) is 15.8. The van der Waals surface area contributed by atoms with Crippen LogP contribution in [0.2, 0.25) is 0 Å². The van der Waals surface area contributed by atoms with Crippen molar-refractivity contribution < 1.29 is 4.42 Å². The van der Waals surface area contributed by atoms with Crippen molar-refractivity contribution in [3.63, 3.8) is 0 Å². The molecule has 0 aliphatic carbocycles. The normalized spacial score (nSPS) is 13.0. The number of fused-ring (bicyclic) bond motifs is 1. The smallest absolute Gasteiger partial charge is 0.222 e. The minimum absolute atomic E-state index is 0.236. The van der Waals surface area contributed by atoms with Crippen molar-refractivity contribution in [2.75, 3.05) is 22.6 Å². The fourth-order valence-electron chi connectivity index (χ4n) is 2.78. The molecule has 1 aromatic carbocycles. The summed E-state index contributed by atoms with van der Waals surface area (Å²) in [4.78, 5) is 10.9. The van der Waals surface area contributed by atoms with Crippen molar-refractivity contribution in [1.82, 2.24) is 9.97 Å². The molecule has 6 heteroatoms. The first-order valence-electron chi connectivity index (χ1n) is 7.46. The zero-order valence-electron chi connectivity index (χ0n) is 12.8. The first-order chi connectivity index (χ1) is 11.2. The van der Waals surface area contributed by atoms with Crippen LogP contribution in [0.4, 0.5) is 17.5 Å². The average Bonchev–Trinajstić information content (AvgIpc) is 3.19. The third-order valence-electron chi connectivity index (χ3n) is 3.90. The Kier molecular flexibility index (Phi) is 3.15. The van der Waals surface area contributed by atoms with E-state index in [1.807, 2.05) is 12.1 Å². The molecular weight excluding hydrogens is 290 g/mol. The maximum atomic E-state index is 5.83. The van der Waals surface area contributed by atoms with Gasteiger partial charge in [0.15, 0.2) is 11.6 Å². The van der Waals surface area contributed by atoms with Crippen molar-refractivity contribution in [2.45, 2.75) is 13.5 Å². The standard InChI is InChI=1S/C17H17N5O/c1-11-4-6-12(7-5-11)9-22-10-19-16-15(22)14(20-17(18)21-16)13-3-2-8-23-13/h2-8H,9-10H2,1H3,(H3,18,19,20,21). The molecule has 0 unspecified atom stereocenters. The van der Waals surface area contributed by atoms with Gasteiger partial charge in [-0.15, -0.1) is 0 Å². The lowest BCUT2D eigenvalue weighted by Gasteiger charge is -2.19. The van der Waals surface area contributed by atoms with Gasteiger partial charge in [-0.25, -0.2) is 4.98 Å². The highest BCUT2D eigenvalue weighted by Crippen LogP contribution is 2.39. The molecule has 6 nitrogen and oxygen atoms in total. The Labute approximate surface area is 134 Å². The van der Waals surface area contributed by atoms with Gasteiger partial charge in [-0.3, -0.25) is 0 Å². The van der Waals surface area contributed by atoms with Crippen molar-refractivity contribution in [3.8, 4) is 11.5 Å². The van der Waals surface area contributed by atoms with E-state index in [2.05, 4.69) is 51.4 Å². The van der Waals surface area contributed by atoms with E-state index in [4.69, 9.17) is 10.2 Å². The van der Waals surface area contributed by atoms with Gasteiger partial charge in [0.25, 0.3) is 0 Å². The molecule has 4 rings (SSSR count). The Balaban J connectivity index is 1.74. The minimum Gasteiger partial charge on any atom is -0.463 e. The van der Waals surface area contributed by atoms with Crippen LogP contribution >= 0.6 is 0 Å². The number of nitrogens with two attached hydrogens (primary N) is 1. The molecule has 3 heterocycles. The van der Waals surface area contributed by atoms with Gasteiger partial charge in [0.05, 0.1) is 12.9 Å². The summed E-state index contributed by atoms with van der Waals surface area (Å²) in [6.07, 6.45) is 1.63. The molecule has 0 saturated heterocycles. The van der Waals surface area contributed by atoms with Crippen LogP contribution in [0.3, 0.4) is 0 Å². The maximum Gasteiger partial charge on any atom is 0.222 e. The van der Waals surface area contributed by atoms with E-state index in [9.17, 15) is 0 Å². The molecular formula is C17H17N5O. The molecule has 0 radical (unpaired) electrons. The topological polar surface area (TPSA) is 80.2 Å². The van der Waals surface area contributed by atoms with Gasteiger partial charge in [0, 0.05) is 6.54 Å². The number of aromatic nitrogens is 2. The maximum absolute atomic E-state index is 5.83. The Bertz CT molecular complexity index is 827. The predicted octanol–water partition coefficient (Wildman–Crippen LogP) is 3.02. The lowest BCUT2D eigenvalue weighted by atomic mass is 10.1. The largest absolute Gasteiger partial charge is 0.463 e. The summed E-state index contributed by atoms with van der Waals surface area (Å²) in [5.41, 5.74) is 9.95. The molecule has 0 saturated carbocycles. The van der Waals surface area contributed by atoms with Gasteiger partial charge < -0.3 is 20.4 Å². The zero-order valence-corrected chi connectivity index (χ0v) is 12.8. The quantitative estimate of drug-likeness (QED) is 0.774. The van der Waals surface area contributed by atoms with Crippen LogP contribution in [-0.4, -0.2) is 16.6 Å². The number of furan rings is 1. The molecule has 1 aliphatic rings. The first kappa shape index (κ1) is 13.6. The van der Waals surface area contributed by atoms with Crippen LogP contribution in [0.15, 0.2) is 47.1 Å². The number of hydrogen-bond acceptors (Lipinski definition) is 6. The number of aryl methyl sites for hydroxylation is 1. The number of nitrogen functional groups attached to an aromatic ring is 1. The number of rotatable bonds is 3. The second kappa shape index (κ2) is 5.31. The molecule has 0 amide bonds. The van der Waals surface area contributed by atoms with Crippen molar-refractivity contribution in [3.05, 3.63) is 53.8 Å². The van der Waals surface area contributed by atoms with E-state index in [0.29, 0.717) is 12.4 Å². The summed E-state index contributed by atoms with van der Waals surface area (Å²) >= 11 is 0. The van der Waals surface area contributed by atoms with Gasteiger partial charge in [-0.1, -0.05) is 29.8 Å². The minimum atomic E-state index is 0.236. The van der Waals surface area contributed by atoms with Crippen LogP contribution in [0.1, 0.15) is 11.1 Å². The van der Waals surface area contributed by atoms with Gasteiger partial charge in [0.2, 0.25) is 5.95 Å². The lowest BCUT2D eigenvalue weighted by Crippen LogP contribution is -2.22. The molecule has 2 aromatic heterocycles. The summed E-state index contributed by atoms with van der Waals surface area (Å²) in [6, 6.07) is 12.2. The fourth-order valence-corrected chi connectivity index (χ4v) is 2.78. The monoisotopic (exact) mass is 307 g/mol. The number of nitrogens with one attached hydrogen (secondary N) is 1. The van der Waals surface area contributed by atoms with E-state index in [-0.39, 0.29) is 5.95 Å². The van der Waals surface area contributed by atoms with E-state index < -0.39 is 0 Å². The Morgan fingerprint density at radius 3 is 2.78 bits per heavy atom. The molecule has 0 bridgehead atoms. The highest BCUT2D eigenvalue weighted by Gasteiger charge is 2.27. The summed E-state index contributed by atoms with van der Waals surface area (Å²) in [5.74, 6) is 1.67. The molecule has 23 heavy (non-hydrogen) atoms. The average molecular weight is 307 g/mol. The van der Waals surface area contributed by atoms with E-state index in [0.717, 1.165) is 23.7 Å². The molecule has 0 spiro atoms. The van der Waals surface area contributed by atoms with Gasteiger partial charge in [-0.05, 0) is 24.6 Å².